The summed E-state index contributed by atoms with van der Waals surface area (Å²) in [5.74, 6) is 0. The van der Waals surface area contributed by atoms with Gasteiger partial charge in [-0.25, -0.2) is 13.1 Å². The van der Waals surface area contributed by atoms with Gasteiger partial charge in [0.15, 0.2) is 0 Å². The fourth-order valence-electron chi connectivity index (χ4n) is 1.30. The maximum Gasteiger partial charge on any atom is 0.242 e. The van der Waals surface area contributed by atoms with Gasteiger partial charge < -0.3 is 11.1 Å². The van der Waals surface area contributed by atoms with Gasteiger partial charge in [0.05, 0.1) is 5.69 Å². The first kappa shape index (κ1) is 12.8. The number of nitrogens with one attached hydrogen (secondary N) is 2. The largest absolute Gasteiger partial charge is 0.399 e. The molecule has 0 saturated heterocycles. The predicted octanol–water partition coefficient (Wildman–Crippen LogP) is 0.997. The predicted molar refractivity (Wildman–Crippen MR) is 65.9 cm³/mol. The Morgan fingerprint density at radius 2 is 1.94 bits per heavy atom. The second kappa shape index (κ2) is 4.71. The first-order valence-electron chi connectivity index (χ1n) is 4.96. The number of sulfonamides is 1. The van der Waals surface area contributed by atoms with Crippen LogP contribution in [-0.4, -0.2) is 21.5 Å². The summed E-state index contributed by atoms with van der Waals surface area (Å²) in [6, 6.07) is 4.92. The third kappa shape index (κ3) is 2.86. The number of hydrogen-bond acceptors (Lipinski definition) is 4. The molecule has 0 aliphatic rings. The highest BCUT2D eigenvalue weighted by Crippen LogP contribution is 2.24. The Kier molecular flexibility index (Phi) is 3.77. The standard InChI is InChI=1S/C10H17N3O2S/c1-7(2)13-9-5-4-8(11)6-10(9)16(14,15)12-3/h4-7,12-13H,11H2,1-3H3. The summed E-state index contributed by atoms with van der Waals surface area (Å²) < 4.78 is 25.8. The van der Waals surface area contributed by atoms with Gasteiger partial charge in [-0.3, -0.25) is 0 Å². The third-order valence-electron chi connectivity index (χ3n) is 2.01. The Hall–Kier alpha value is -1.27. The average Bonchev–Trinajstić information content (AvgIpc) is 2.20. The number of hydrogen-bond donors (Lipinski definition) is 3. The molecule has 1 aromatic rings. The number of nitrogen functional groups attached to an aromatic ring is 1. The quantitative estimate of drug-likeness (QED) is 0.689. The molecule has 0 bridgehead atoms. The molecule has 0 fully saturated rings. The Morgan fingerprint density at radius 3 is 2.44 bits per heavy atom. The summed E-state index contributed by atoms with van der Waals surface area (Å²) in [7, 11) is -2.12. The summed E-state index contributed by atoms with van der Waals surface area (Å²) in [4.78, 5) is 0.170. The lowest BCUT2D eigenvalue weighted by Crippen LogP contribution is -2.21. The average molecular weight is 243 g/mol. The molecule has 0 aliphatic heterocycles. The van der Waals surface area contributed by atoms with Crippen molar-refractivity contribution in [1.82, 2.24) is 4.72 Å². The topological polar surface area (TPSA) is 84.2 Å². The van der Waals surface area contributed by atoms with Crippen molar-refractivity contribution in [1.29, 1.82) is 0 Å². The highest BCUT2D eigenvalue weighted by molar-refractivity contribution is 7.89. The molecule has 1 rings (SSSR count). The minimum Gasteiger partial charge on any atom is -0.399 e. The van der Waals surface area contributed by atoms with Crippen LogP contribution in [0.5, 0.6) is 0 Å². The van der Waals surface area contributed by atoms with Gasteiger partial charge in [-0.15, -0.1) is 0 Å². The number of benzene rings is 1. The van der Waals surface area contributed by atoms with E-state index in [2.05, 4.69) is 10.0 Å². The van der Waals surface area contributed by atoms with E-state index in [1.165, 1.54) is 13.1 Å². The van der Waals surface area contributed by atoms with E-state index in [4.69, 9.17) is 5.73 Å². The van der Waals surface area contributed by atoms with Crippen LogP contribution in [0.15, 0.2) is 23.1 Å². The molecule has 4 N–H and O–H groups in total. The fraction of sp³-hybridized carbons (Fsp3) is 0.400. The lowest BCUT2D eigenvalue weighted by atomic mass is 10.2. The highest BCUT2D eigenvalue weighted by Gasteiger charge is 2.17. The Labute approximate surface area is 96.1 Å². The van der Waals surface area contributed by atoms with Crippen LogP contribution in [0.1, 0.15) is 13.8 Å². The zero-order valence-electron chi connectivity index (χ0n) is 9.61. The SMILES string of the molecule is CNS(=O)(=O)c1cc(N)ccc1NC(C)C. The van der Waals surface area contributed by atoms with Gasteiger partial charge >= 0.3 is 0 Å². The molecule has 0 atom stereocenters. The molecular weight excluding hydrogens is 226 g/mol. The molecule has 0 saturated carbocycles. The van der Waals surface area contributed by atoms with Crippen molar-refractivity contribution in [2.75, 3.05) is 18.1 Å². The van der Waals surface area contributed by atoms with Crippen LogP contribution in [0.25, 0.3) is 0 Å². The molecule has 16 heavy (non-hydrogen) atoms. The molecule has 6 heteroatoms. The molecule has 90 valence electrons. The minimum atomic E-state index is -3.49. The maximum atomic E-state index is 11.7. The van der Waals surface area contributed by atoms with Crippen molar-refractivity contribution in [3.05, 3.63) is 18.2 Å². The molecular formula is C10H17N3O2S. The summed E-state index contributed by atoms with van der Waals surface area (Å²) >= 11 is 0. The molecule has 0 aliphatic carbocycles. The summed E-state index contributed by atoms with van der Waals surface area (Å²) in [5, 5.41) is 3.07. The van der Waals surface area contributed by atoms with Gasteiger partial charge in [0.25, 0.3) is 0 Å². The molecule has 0 unspecified atom stereocenters. The smallest absolute Gasteiger partial charge is 0.242 e. The van der Waals surface area contributed by atoms with Crippen molar-refractivity contribution in [2.45, 2.75) is 24.8 Å². The van der Waals surface area contributed by atoms with Crippen molar-refractivity contribution < 1.29 is 8.42 Å². The van der Waals surface area contributed by atoms with E-state index < -0.39 is 10.0 Å². The van der Waals surface area contributed by atoms with Crippen LogP contribution >= 0.6 is 0 Å². The second-order valence-corrected chi connectivity index (χ2v) is 5.62. The van der Waals surface area contributed by atoms with E-state index >= 15 is 0 Å². The molecule has 0 aromatic heterocycles. The van der Waals surface area contributed by atoms with E-state index in [0.29, 0.717) is 11.4 Å². The number of anilines is 2. The van der Waals surface area contributed by atoms with Crippen LogP contribution < -0.4 is 15.8 Å². The van der Waals surface area contributed by atoms with Gasteiger partial charge in [0.1, 0.15) is 4.90 Å². The third-order valence-corrected chi connectivity index (χ3v) is 3.46. The molecule has 0 spiro atoms. The van der Waals surface area contributed by atoms with E-state index in [9.17, 15) is 8.42 Å². The van der Waals surface area contributed by atoms with Gasteiger partial charge in [-0.05, 0) is 39.1 Å². The van der Waals surface area contributed by atoms with Gasteiger partial charge in [0, 0.05) is 11.7 Å². The fourth-order valence-corrected chi connectivity index (χ4v) is 2.23. The van der Waals surface area contributed by atoms with Gasteiger partial charge in [-0.1, -0.05) is 0 Å². The maximum absolute atomic E-state index is 11.7. The lowest BCUT2D eigenvalue weighted by Gasteiger charge is -2.15. The highest BCUT2D eigenvalue weighted by atomic mass is 32.2. The molecule has 5 nitrogen and oxygen atoms in total. The zero-order chi connectivity index (χ0) is 12.3. The monoisotopic (exact) mass is 243 g/mol. The normalized spacial score (nSPS) is 11.8. The molecule has 0 radical (unpaired) electrons. The van der Waals surface area contributed by atoms with E-state index in [1.54, 1.807) is 12.1 Å². The van der Waals surface area contributed by atoms with Gasteiger partial charge in [-0.2, -0.15) is 0 Å². The number of rotatable bonds is 4. The van der Waals surface area contributed by atoms with Crippen LogP contribution in [0.4, 0.5) is 11.4 Å². The summed E-state index contributed by atoms with van der Waals surface area (Å²) in [6.07, 6.45) is 0. The van der Waals surface area contributed by atoms with E-state index in [0.717, 1.165) is 0 Å². The van der Waals surface area contributed by atoms with E-state index in [1.807, 2.05) is 13.8 Å². The van der Waals surface area contributed by atoms with Crippen LogP contribution in [0, 0.1) is 0 Å². The van der Waals surface area contributed by atoms with Crippen molar-refractivity contribution in [3.63, 3.8) is 0 Å². The van der Waals surface area contributed by atoms with Crippen molar-refractivity contribution >= 4 is 21.4 Å². The molecule has 0 amide bonds. The van der Waals surface area contributed by atoms with Crippen LogP contribution in [-0.2, 0) is 10.0 Å². The van der Waals surface area contributed by atoms with Crippen molar-refractivity contribution in [2.24, 2.45) is 0 Å². The lowest BCUT2D eigenvalue weighted by molar-refractivity contribution is 0.588. The Balaban J connectivity index is 3.29. The summed E-state index contributed by atoms with van der Waals surface area (Å²) in [5.41, 5.74) is 6.56. The Morgan fingerprint density at radius 1 is 1.31 bits per heavy atom. The summed E-state index contributed by atoms with van der Waals surface area (Å²) in [6.45, 7) is 3.87. The Bertz CT molecular complexity index is 469. The minimum absolute atomic E-state index is 0.148. The number of nitrogens with two attached hydrogens (primary N) is 1. The second-order valence-electron chi connectivity index (χ2n) is 3.76. The molecule has 0 heterocycles. The first-order valence-corrected chi connectivity index (χ1v) is 6.44. The zero-order valence-corrected chi connectivity index (χ0v) is 10.4. The van der Waals surface area contributed by atoms with Crippen molar-refractivity contribution in [3.8, 4) is 0 Å². The molecule has 1 aromatic carbocycles. The van der Waals surface area contributed by atoms with Crippen LogP contribution in [0.2, 0.25) is 0 Å². The van der Waals surface area contributed by atoms with Gasteiger partial charge in [0.2, 0.25) is 10.0 Å². The van der Waals surface area contributed by atoms with Crippen LogP contribution in [0.3, 0.4) is 0 Å². The van der Waals surface area contributed by atoms with E-state index in [-0.39, 0.29) is 10.9 Å². The first-order chi connectivity index (χ1) is 7.36.